The average Bonchev–Trinajstić information content (AvgIpc) is 3.32. The molecule has 174 valence electrons. The van der Waals surface area contributed by atoms with E-state index in [9.17, 15) is 4.57 Å². The number of H-pyrrole nitrogens is 1. The van der Waals surface area contributed by atoms with Gasteiger partial charge >= 0.3 is 7.82 Å². The molecule has 2 aromatic heterocycles. The van der Waals surface area contributed by atoms with Gasteiger partial charge in [0.1, 0.15) is 30.2 Å². The molecule has 32 heavy (non-hydrogen) atoms. The monoisotopic (exact) mass is 489 g/mol. The quantitative estimate of drug-likeness (QED) is 0.231. The van der Waals surface area contributed by atoms with Crippen molar-refractivity contribution >= 4 is 36.4 Å². The van der Waals surface area contributed by atoms with E-state index in [0.29, 0.717) is 12.2 Å². The van der Waals surface area contributed by atoms with Crippen molar-refractivity contribution in [1.82, 2.24) is 19.9 Å². The maximum Gasteiger partial charge on any atom is 0.469 e. The number of fused-ring (bicyclic) bond motifs is 1. The summed E-state index contributed by atoms with van der Waals surface area (Å²) in [6, 6.07) is 7.70. The lowest BCUT2D eigenvalue weighted by Gasteiger charge is -2.14. The fourth-order valence-electron chi connectivity index (χ4n) is 2.76. The first-order valence-electron chi connectivity index (χ1n) is 9.17. The Labute approximate surface area is 186 Å². The van der Waals surface area contributed by atoms with Crippen LogP contribution < -0.4 is 5.32 Å². The minimum Gasteiger partial charge on any atom is -0.387 e. The molecule has 0 spiro atoms. The molecule has 1 unspecified atom stereocenters. The number of phosphoric acid groups is 1. The number of nitrogens with zero attached hydrogens (tertiary/aromatic N) is 3. The maximum absolute atomic E-state index is 10.3. The number of aliphatic hydroxyl groups excluding tert-OH is 3. The van der Waals surface area contributed by atoms with Crippen molar-refractivity contribution < 1.29 is 38.9 Å². The van der Waals surface area contributed by atoms with Crippen molar-refractivity contribution in [3.05, 3.63) is 47.5 Å². The molecule has 1 aromatic carbocycles. The van der Waals surface area contributed by atoms with E-state index in [1.165, 1.54) is 6.33 Å². The van der Waals surface area contributed by atoms with Crippen LogP contribution in [0.2, 0.25) is 5.02 Å². The molecule has 3 heterocycles. The molecule has 0 radical (unpaired) electrons. The molecule has 4 atom stereocenters. The van der Waals surface area contributed by atoms with Gasteiger partial charge in [-0.2, -0.15) is 0 Å². The highest BCUT2D eigenvalue weighted by Gasteiger charge is 2.42. The fraction of sp³-hybridized carbons (Fsp3) is 0.353. The van der Waals surface area contributed by atoms with Crippen LogP contribution in [0.3, 0.4) is 0 Å². The van der Waals surface area contributed by atoms with Crippen molar-refractivity contribution in [1.29, 1.82) is 0 Å². The summed E-state index contributed by atoms with van der Waals surface area (Å²) >= 11 is 6.09. The molecule has 0 amide bonds. The highest BCUT2D eigenvalue weighted by molar-refractivity contribution is 7.46. The summed E-state index contributed by atoms with van der Waals surface area (Å²) in [6.07, 6.45) is -2.59. The molecule has 0 saturated carbocycles. The van der Waals surface area contributed by atoms with Crippen molar-refractivity contribution in [2.75, 3.05) is 11.9 Å². The predicted molar refractivity (Wildman–Crippen MR) is 111 cm³/mol. The van der Waals surface area contributed by atoms with Gasteiger partial charge in [0.15, 0.2) is 17.8 Å². The van der Waals surface area contributed by atoms with Crippen molar-refractivity contribution in [3.63, 3.8) is 0 Å². The smallest absolute Gasteiger partial charge is 0.387 e. The van der Waals surface area contributed by atoms with Gasteiger partial charge in [0.25, 0.3) is 0 Å². The number of anilines is 1. The molecular formula is C17H21ClN5O8P. The molecule has 0 aliphatic carbocycles. The molecule has 1 aliphatic heterocycles. The summed E-state index contributed by atoms with van der Waals surface area (Å²) in [5, 5.41) is 31.0. The summed E-state index contributed by atoms with van der Waals surface area (Å²) in [7, 11) is -4.64. The van der Waals surface area contributed by atoms with E-state index in [-0.39, 0.29) is 0 Å². The van der Waals surface area contributed by atoms with Crippen LogP contribution >= 0.6 is 19.4 Å². The number of aromatic nitrogens is 4. The van der Waals surface area contributed by atoms with E-state index < -0.39 is 39.0 Å². The van der Waals surface area contributed by atoms with Gasteiger partial charge in [0.2, 0.25) is 0 Å². The zero-order valence-electron chi connectivity index (χ0n) is 16.3. The van der Waals surface area contributed by atoms with E-state index in [4.69, 9.17) is 36.7 Å². The Kier molecular flexibility index (Phi) is 8.11. The maximum atomic E-state index is 10.3. The Morgan fingerprint density at radius 1 is 1.16 bits per heavy atom. The number of halogens is 1. The Morgan fingerprint density at radius 2 is 1.91 bits per heavy atom. The van der Waals surface area contributed by atoms with Gasteiger partial charge in [-0.15, -0.1) is 0 Å². The Hall–Kier alpha value is -2.19. The summed E-state index contributed by atoms with van der Waals surface area (Å²) in [6.45, 7) is -0.00955. The number of benzene rings is 1. The van der Waals surface area contributed by atoms with E-state index in [1.807, 2.05) is 24.3 Å². The molecule has 3 aromatic rings. The number of nitrogens with one attached hydrogen (secondary N) is 2. The van der Waals surface area contributed by atoms with Crippen LogP contribution in [0.25, 0.3) is 11.2 Å². The number of ether oxygens (including phenoxy) is 1. The standard InChI is InChI=1S/C12H10ClN5.C5H11O8P/c13-9-4-2-1-3-8(9)5-14-11-10-12(16-6-15-10)18-7-17-11;6-3-2(1-12-14(9,10)11)13-5(8)4(3)7/h1-4,6-7H,5H2,(H2,14,15,16,17,18);2-8H,1H2,(H2,9,10,11)/t;2-,3-,4-,5?/m.1/s1. The molecule has 1 fully saturated rings. The first kappa shape index (κ1) is 24.5. The fourth-order valence-corrected chi connectivity index (χ4v) is 3.30. The van der Waals surface area contributed by atoms with Gasteiger partial charge < -0.3 is 40.1 Å². The average molecular weight is 490 g/mol. The lowest BCUT2D eigenvalue weighted by Crippen LogP contribution is -2.34. The number of imidazole rings is 1. The Bertz CT molecular complexity index is 1080. The number of hydrogen-bond donors (Lipinski definition) is 7. The number of aliphatic hydroxyl groups is 3. The SMILES string of the molecule is Clc1ccccc1CNc1ncnc2nc[nH]c12.O=P(O)(O)OC[C@H]1OC(O)[C@H](O)[C@@H]1O. The molecule has 13 nitrogen and oxygen atoms in total. The normalized spacial score (nSPS) is 23.1. The van der Waals surface area contributed by atoms with Crippen LogP contribution in [0, 0.1) is 0 Å². The number of rotatable bonds is 6. The molecule has 0 bridgehead atoms. The third-order valence-corrected chi connectivity index (χ3v) is 5.23. The lowest BCUT2D eigenvalue weighted by atomic mass is 10.1. The van der Waals surface area contributed by atoms with E-state index in [2.05, 4.69) is 34.5 Å². The van der Waals surface area contributed by atoms with Crippen LogP contribution in [-0.4, -0.2) is 76.3 Å². The minimum absolute atomic E-state index is 0.602. The van der Waals surface area contributed by atoms with Crippen LogP contribution in [-0.2, 0) is 20.4 Å². The van der Waals surface area contributed by atoms with Gasteiger partial charge in [-0.25, -0.2) is 19.5 Å². The van der Waals surface area contributed by atoms with Crippen molar-refractivity contribution in [2.24, 2.45) is 0 Å². The lowest BCUT2D eigenvalue weighted by molar-refractivity contribution is -0.132. The van der Waals surface area contributed by atoms with Gasteiger partial charge in [-0.05, 0) is 11.6 Å². The number of hydrogen-bond acceptors (Lipinski definition) is 10. The summed E-state index contributed by atoms with van der Waals surface area (Å²) in [5.74, 6) is 0.720. The number of aromatic amines is 1. The molecule has 15 heteroatoms. The Morgan fingerprint density at radius 3 is 2.56 bits per heavy atom. The molecule has 7 N–H and O–H groups in total. The van der Waals surface area contributed by atoms with E-state index in [0.717, 1.165) is 21.9 Å². The van der Waals surface area contributed by atoms with E-state index >= 15 is 0 Å². The second-order valence-corrected chi connectivity index (χ2v) is 8.25. The highest BCUT2D eigenvalue weighted by Crippen LogP contribution is 2.37. The zero-order valence-corrected chi connectivity index (χ0v) is 18.0. The molecule has 1 saturated heterocycles. The summed E-state index contributed by atoms with van der Waals surface area (Å²) < 4.78 is 18.9. The second kappa shape index (κ2) is 10.6. The summed E-state index contributed by atoms with van der Waals surface area (Å²) in [4.78, 5) is 32.0. The van der Waals surface area contributed by atoms with E-state index in [1.54, 1.807) is 6.33 Å². The van der Waals surface area contributed by atoms with Gasteiger partial charge in [0, 0.05) is 11.6 Å². The van der Waals surface area contributed by atoms with Crippen molar-refractivity contribution in [2.45, 2.75) is 31.1 Å². The molecule has 4 rings (SSSR count). The third kappa shape index (κ3) is 6.42. The minimum atomic E-state index is -4.64. The first-order valence-corrected chi connectivity index (χ1v) is 11.1. The largest absolute Gasteiger partial charge is 0.469 e. The topological polar surface area (TPSA) is 203 Å². The second-order valence-electron chi connectivity index (χ2n) is 6.60. The molecular weight excluding hydrogens is 469 g/mol. The van der Waals surface area contributed by atoms with Crippen LogP contribution in [0.5, 0.6) is 0 Å². The van der Waals surface area contributed by atoms with Crippen molar-refractivity contribution in [3.8, 4) is 0 Å². The van der Waals surface area contributed by atoms with Gasteiger partial charge in [0.05, 0.1) is 12.9 Å². The van der Waals surface area contributed by atoms with Gasteiger partial charge in [-0.1, -0.05) is 29.8 Å². The van der Waals surface area contributed by atoms with Crippen LogP contribution in [0.4, 0.5) is 5.82 Å². The molecule has 1 aliphatic rings. The van der Waals surface area contributed by atoms with Crippen LogP contribution in [0.15, 0.2) is 36.9 Å². The van der Waals surface area contributed by atoms with Gasteiger partial charge in [-0.3, -0.25) is 4.52 Å². The van der Waals surface area contributed by atoms with Crippen LogP contribution in [0.1, 0.15) is 5.56 Å². The first-order chi connectivity index (χ1) is 15.2. The zero-order chi connectivity index (χ0) is 23.3. The third-order valence-electron chi connectivity index (χ3n) is 4.37. The summed E-state index contributed by atoms with van der Waals surface area (Å²) in [5.41, 5.74) is 2.46. The highest BCUT2D eigenvalue weighted by atomic mass is 35.5. The number of phosphoric ester groups is 1. The predicted octanol–water partition coefficient (Wildman–Crippen LogP) is 0.153. The Balaban J connectivity index is 0.000000188.